The number of fused-ring (bicyclic) bond motifs is 1. The third-order valence-corrected chi connectivity index (χ3v) is 5.18. The van der Waals surface area contributed by atoms with Gasteiger partial charge < -0.3 is 9.47 Å². The molecule has 34 heavy (non-hydrogen) atoms. The van der Waals surface area contributed by atoms with E-state index in [1.54, 1.807) is 6.07 Å². The van der Waals surface area contributed by atoms with E-state index >= 15 is 0 Å². The molecule has 168 valence electrons. The molecular weight excluding hydrogens is 436 g/mol. The van der Waals surface area contributed by atoms with Crippen LogP contribution in [0.4, 0.5) is 10.5 Å². The number of carbonyl (C=O) groups is 4. The molecule has 8 nitrogen and oxygen atoms in total. The molecule has 0 radical (unpaired) electrons. The Labute approximate surface area is 194 Å². The maximum Gasteiger partial charge on any atom is 0.337 e. The number of benzene rings is 3. The summed E-state index contributed by atoms with van der Waals surface area (Å²) in [7, 11) is 1.25. The van der Waals surface area contributed by atoms with Gasteiger partial charge in [0.1, 0.15) is 17.9 Å². The Morgan fingerprint density at radius 2 is 1.79 bits per heavy atom. The molecule has 0 unspecified atom stereocenters. The summed E-state index contributed by atoms with van der Waals surface area (Å²) in [5, 5.41) is 3.77. The molecule has 0 spiro atoms. The fraction of sp³-hybridized carbons (Fsp3) is 0.0769. The van der Waals surface area contributed by atoms with Gasteiger partial charge in [0.05, 0.1) is 18.4 Å². The lowest BCUT2D eigenvalue weighted by Crippen LogP contribution is -2.54. The number of hydrogen-bond donors (Lipinski definition) is 1. The summed E-state index contributed by atoms with van der Waals surface area (Å²) >= 11 is 0. The van der Waals surface area contributed by atoms with Crippen molar-refractivity contribution in [2.45, 2.75) is 0 Å². The maximum atomic E-state index is 13.3. The van der Waals surface area contributed by atoms with E-state index in [-0.39, 0.29) is 23.4 Å². The summed E-state index contributed by atoms with van der Waals surface area (Å²) in [4.78, 5) is 51.0. The summed E-state index contributed by atoms with van der Waals surface area (Å²) in [6, 6.07) is 15.7. The highest BCUT2D eigenvalue weighted by Gasteiger charge is 2.37. The maximum absolute atomic E-state index is 13.3. The smallest absolute Gasteiger partial charge is 0.337 e. The zero-order valence-electron chi connectivity index (χ0n) is 18.0. The van der Waals surface area contributed by atoms with Gasteiger partial charge in [-0.2, -0.15) is 0 Å². The second kappa shape index (κ2) is 9.30. The number of urea groups is 1. The molecule has 0 aliphatic carbocycles. The van der Waals surface area contributed by atoms with Gasteiger partial charge in [-0.05, 0) is 47.2 Å². The lowest BCUT2D eigenvalue weighted by Gasteiger charge is -2.26. The van der Waals surface area contributed by atoms with Gasteiger partial charge in [0.15, 0.2) is 0 Å². The molecule has 3 aromatic carbocycles. The van der Waals surface area contributed by atoms with Crippen LogP contribution in [0.3, 0.4) is 0 Å². The highest BCUT2D eigenvalue weighted by Crippen LogP contribution is 2.32. The van der Waals surface area contributed by atoms with Crippen molar-refractivity contribution < 1.29 is 28.7 Å². The average molecular weight is 454 g/mol. The number of methoxy groups -OCH3 is 1. The molecule has 8 heteroatoms. The quantitative estimate of drug-likeness (QED) is 0.275. The molecule has 4 amide bonds. The normalized spacial score (nSPS) is 14.6. The van der Waals surface area contributed by atoms with E-state index in [4.69, 9.17) is 11.2 Å². The second-order valence-electron chi connectivity index (χ2n) is 7.19. The van der Waals surface area contributed by atoms with E-state index in [1.807, 2.05) is 30.3 Å². The standard InChI is InChI=1S/C26H18N2O6/c1-3-14-34-22-13-10-16-6-4-5-7-19(16)20(22)15-21-23(29)27-26(32)28(24(21)30)18-11-8-17(9-12-18)25(31)33-2/h1,4-13,15H,14H2,2H3,(H,27,29,32)/b21-15-. The Balaban J connectivity index is 1.79. The first-order chi connectivity index (χ1) is 16.4. The monoisotopic (exact) mass is 454 g/mol. The number of anilines is 1. The molecule has 1 aliphatic heterocycles. The van der Waals surface area contributed by atoms with Crippen molar-refractivity contribution in [3.05, 3.63) is 77.4 Å². The van der Waals surface area contributed by atoms with E-state index in [0.29, 0.717) is 11.3 Å². The minimum atomic E-state index is -0.903. The van der Waals surface area contributed by atoms with Crippen molar-refractivity contribution in [2.75, 3.05) is 18.6 Å². The van der Waals surface area contributed by atoms with Crippen LogP contribution in [0, 0.1) is 12.3 Å². The van der Waals surface area contributed by atoms with Gasteiger partial charge in [-0.25, -0.2) is 14.5 Å². The second-order valence-corrected chi connectivity index (χ2v) is 7.19. The van der Waals surface area contributed by atoms with Crippen LogP contribution in [0.1, 0.15) is 15.9 Å². The molecule has 3 aromatic rings. The van der Waals surface area contributed by atoms with Crippen molar-refractivity contribution >= 4 is 46.4 Å². The summed E-state index contributed by atoms with van der Waals surface area (Å²) < 4.78 is 10.3. The zero-order valence-corrected chi connectivity index (χ0v) is 18.0. The number of nitrogens with one attached hydrogen (secondary N) is 1. The first kappa shape index (κ1) is 22.3. The Hall–Kier alpha value is -4.90. The van der Waals surface area contributed by atoms with Gasteiger partial charge in [0.2, 0.25) is 0 Å². The number of amides is 4. The number of terminal acetylenes is 1. The van der Waals surface area contributed by atoms with E-state index < -0.39 is 23.8 Å². The first-order valence-corrected chi connectivity index (χ1v) is 10.1. The summed E-state index contributed by atoms with van der Waals surface area (Å²) in [5.41, 5.74) is 0.630. The third kappa shape index (κ3) is 4.10. The van der Waals surface area contributed by atoms with Crippen molar-refractivity contribution in [2.24, 2.45) is 0 Å². The number of barbiturate groups is 1. The molecule has 0 saturated carbocycles. The minimum absolute atomic E-state index is 0.00812. The van der Waals surface area contributed by atoms with E-state index in [9.17, 15) is 19.2 Å². The molecule has 0 aromatic heterocycles. The number of carbonyl (C=O) groups excluding carboxylic acids is 4. The minimum Gasteiger partial charge on any atom is -0.480 e. The molecule has 1 heterocycles. The highest BCUT2D eigenvalue weighted by atomic mass is 16.5. The van der Waals surface area contributed by atoms with Crippen LogP contribution in [0.15, 0.2) is 66.2 Å². The van der Waals surface area contributed by atoms with Crippen molar-refractivity contribution in [1.29, 1.82) is 0 Å². The Morgan fingerprint density at radius 3 is 2.50 bits per heavy atom. The SMILES string of the molecule is C#CCOc1ccc2ccccc2c1/C=C1/C(=O)NC(=O)N(c2ccc(C(=O)OC)cc2)C1=O. The van der Waals surface area contributed by atoms with Gasteiger partial charge >= 0.3 is 12.0 Å². The lowest BCUT2D eigenvalue weighted by atomic mass is 9.99. The molecule has 0 bridgehead atoms. The number of hydrogen-bond acceptors (Lipinski definition) is 6. The van der Waals surface area contributed by atoms with Crippen LogP contribution in [0.5, 0.6) is 5.75 Å². The van der Waals surface area contributed by atoms with Crippen LogP contribution in [0.2, 0.25) is 0 Å². The third-order valence-electron chi connectivity index (χ3n) is 5.18. The predicted octanol–water partition coefficient (Wildman–Crippen LogP) is 3.30. The topological polar surface area (TPSA) is 102 Å². The number of rotatable bonds is 5. The van der Waals surface area contributed by atoms with E-state index in [2.05, 4.69) is 16.0 Å². The number of nitrogens with zero attached hydrogens (tertiary/aromatic N) is 1. The van der Waals surface area contributed by atoms with Gasteiger partial charge in [-0.1, -0.05) is 36.3 Å². The molecular formula is C26H18N2O6. The van der Waals surface area contributed by atoms with Gasteiger partial charge in [0, 0.05) is 5.56 Å². The highest BCUT2D eigenvalue weighted by molar-refractivity contribution is 6.39. The fourth-order valence-corrected chi connectivity index (χ4v) is 3.57. The number of ether oxygens (including phenoxy) is 2. The molecule has 0 atom stereocenters. The summed E-state index contributed by atoms with van der Waals surface area (Å²) in [6.07, 6.45) is 6.70. The van der Waals surface area contributed by atoms with Gasteiger partial charge in [0.25, 0.3) is 11.8 Å². The van der Waals surface area contributed by atoms with E-state index in [1.165, 1.54) is 37.5 Å². The lowest BCUT2D eigenvalue weighted by molar-refractivity contribution is -0.122. The largest absolute Gasteiger partial charge is 0.480 e. The molecule has 1 fully saturated rings. The van der Waals surface area contributed by atoms with Crippen LogP contribution >= 0.6 is 0 Å². The van der Waals surface area contributed by atoms with Crippen LogP contribution in [0.25, 0.3) is 16.8 Å². The Morgan fingerprint density at radius 1 is 1.06 bits per heavy atom. The van der Waals surface area contributed by atoms with E-state index in [0.717, 1.165) is 15.7 Å². The van der Waals surface area contributed by atoms with Crippen molar-refractivity contribution in [3.8, 4) is 18.1 Å². The van der Waals surface area contributed by atoms with Crippen molar-refractivity contribution in [3.63, 3.8) is 0 Å². The summed E-state index contributed by atoms with van der Waals surface area (Å²) in [5.74, 6) is 0.548. The van der Waals surface area contributed by atoms with Crippen molar-refractivity contribution in [1.82, 2.24) is 5.32 Å². The zero-order chi connectivity index (χ0) is 24.2. The van der Waals surface area contributed by atoms with Gasteiger partial charge in [-0.15, -0.1) is 6.42 Å². The average Bonchev–Trinajstić information content (AvgIpc) is 2.85. The van der Waals surface area contributed by atoms with Crippen LogP contribution in [-0.4, -0.2) is 37.5 Å². The Bertz CT molecular complexity index is 1400. The van der Waals surface area contributed by atoms with Gasteiger partial charge in [-0.3, -0.25) is 14.9 Å². The first-order valence-electron chi connectivity index (χ1n) is 10.1. The van der Waals surface area contributed by atoms with Crippen LogP contribution < -0.4 is 15.0 Å². The molecule has 1 saturated heterocycles. The predicted molar refractivity (Wildman–Crippen MR) is 125 cm³/mol. The Kier molecular flexibility index (Phi) is 6.10. The van der Waals surface area contributed by atoms with Crippen LogP contribution in [-0.2, 0) is 14.3 Å². The fourth-order valence-electron chi connectivity index (χ4n) is 3.57. The molecule has 1 N–H and O–H groups in total. The number of imide groups is 2. The summed E-state index contributed by atoms with van der Waals surface area (Å²) in [6.45, 7) is -0.00812. The molecule has 1 aliphatic rings. The molecule has 4 rings (SSSR count). The number of esters is 1.